The molecule has 0 aromatic heterocycles. The summed E-state index contributed by atoms with van der Waals surface area (Å²) in [7, 11) is 1.79. The van der Waals surface area contributed by atoms with Gasteiger partial charge in [0.05, 0.1) is 19.6 Å². The van der Waals surface area contributed by atoms with Gasteiger partial charge in [-0.05, 0) is 69.1 Å². The van der Waals surface area contributed by atoms with Crippen LogP contribution in [0.1, 0.15) is 27.8 Å². The molecule has 0 aliphatic carbocycles. The molecule has 3 aromatic carbocycles. The molecule has 0 atom stereocenters. The largest absolute Gasteiger partial charge is 0.324 e. The fourth-order valence-corrected chi connectivity index (χ4v) is 4.06. The zero-order chi connectivity index (χ0) is 24.0. The smallest absolute Gasteiger partial charge is 0.241 e. The maximum atomic E-state index is 13.3. The van der Waals surface area contributed by atoms with Gasteiger partial charge in [0.1, 0.15) is 0 Å². The first-order chi connectivity index (χ1) is 15.7. The molecule has 2 amide bonds. The van der Waals surface area contributed by atoms with E-state index in [0.717, 1.165) is 33.6 Å². The van der Waals surface area contributed by atoms with Gasteiger partial charge in [0.15, 0.2) is 0 Å². The van der Waals surface area contributed by atoms with Crippen molar-refractivity contribution in [2.24, 2.45) is 0 Å². The van der Waals surface area contributed by atoms with E-state index >= 15 is 0 Å². The molecule has 172 valence electrons. The zero-order valence-corrected chi connectivity index (χ0v) is 20.2. The number of hydrogen-bond donors (Lipinski definition) is 1. The van der Waals surface area contributed by atoms with E-state index in [9.17, 15) is 9.59 Å². The molecule has 33 heavy (non-hydrogen) atoms. The molecule has 3 rings (SSSR count). The summed E-state index contributed by atoms with van der Waals surface area (Å²) in [6.45, 7) is 8.79. The number of likely N-dealkylation sites (N-methyl/N-ethyl adjacent to an activating group) is 1. The molecule has 0 saturated carbocycles. The number of carbonyl (C=O) groups is 2. The minimum absolute atomic E-state index is 0.0533. The highest BCUT2D eigenvalue weighted by Gasteiger charge is 2.20. The van der Waals surface area contributed by atoms with E-state index in [0.29, 0.717) is 6.54 Å². The van der Waals surface area contributed by atoms with Gasteiger partial charge in [-0.3, -0.25) is 14.5 Å². The standard InChI is InChI=1S/C28H33N3O2/c1-20-10-9-13-25(16-20)31(17-24-11-7-6-8-12-24)27(33)19-30(5)18-26(32)29-28-22(3)14-21(2)15-23(28)4/h6-16H,17-19H2,1-5H3,(H,29,32). The summed E-state index contributed by atoms with van der Waals surface area (Å²) in [6.07, 6.45) is 0. The van der Waals surface area contributed by atoms with Crippen molar-refractivity contribution in [2.75, 3.05) is 30.4 Å². The lowest BCUT2D eigenvalue weighted by Crippen LogP contribution is -2.41. The average Bonchev–Trinajstić information content (AvgIpc) is 2.75. The van der Waals surface area contributed by atoms with E-state index in [-0.39, 0.29) is 24.9 Å². The molecular formula is C28H33N3O2. The van der Waals surface area contributed by atoms with Gasteiger partial charge in [-0.15, -0.1) is 0 Å². The summed E-state index contributed by atoms with van der Waals surface area (Å²) >= 11 is 0. The Morgan fingerprint density at radius 1 is 0.788 bits per heavy atom. The lowest BCUT2D eigenvalue weighted by molar-refractivity contribution is -0.121. The van der Waals surface area contributed by atoms with E-state index in [2.05, 4.69) is 17.4 Å². The van der Waals surface area contributed by atoms with Crippen LogP contribution in [0, 0.1) is 27.7 Å². The first-order valence-corrected chi connectivity index (χ1v) is 11.2. The van der Waals surface area contributed by atoms with Gasteiger partial charge < -0.3 is 10.2 Å². The van der Waals surface area contributed by atoms with Crippen molar-refractivity contribution < 1.29 is 9.59 Å². The minimum atomic E-state index is -0.134. The van der Waals surface area contributed by atoms with Crippen molar-refractivity contribution in [3.05, 3.63) is 94.5 Å². The van der Waals surface area contributed by atoms with E-state index in [1.807, 2.05) is 82.3 Å². The Balaban J connectivity index is 1.69. The number of amides is 2. The molecule has 0 saturated heterocycles. The molecule has 0 unspecified atom stereocenters. The van der Waals surface area contributed by atoms with Gasteiger partial charge in [0, 0.05) is 11.4 Å². The van der Waals surface area contributed by atoms with Crippen molar-refractivity contribution >= 4 is 23.2 Å². The van der Waals surface area contributed by atoms with Crippen LogP contribution in [0.4, 0.5) is 11.4 Å². The van der Waals surface area contributed by atoms with Gasteiger partial charge in [-0.1, -0.05) is 60.2 Å². The monoisotopic (exact) mass is 443 g/mol. The van der Waals surface area contributed by atoms with Crippen molar-refractivity contribution in [1.29, 1.82) is 0 Å². The minimum Gasteiger partial charge on any atom is -0.324 e. The molecule has 0 heterocycles. The fraction of sp³-hybridized carbons (Fsp3) is 0.286. The van der Waals surface area contributed by atoms with Crippen LogP contribution >= 0.6 is 0 Å². The Hall–Kier alpha value is -3.44. The van der Waals surface area contributed by atoms with Gasteiger partial charge in [-0.25, -0.2) is 0 Å². The van der Waals surface area contributed by atoms with Crippen molar-refractivity contribution in [1.82, 2.24) is 4.90 Å². The Morgan fingerprint density at radius 2 is 1.45 bits per heavy atom. The van der Waals surface area contributed by atoms with Gasteiger partial charge in [-0.2, -0.15) is 0 Å². The Bertz CT molecular complexity index is 1100. The van der Waals surface area contributed by atoms with Gasteiger partial charge >= 0.3 is 0 Å². The van der Waals surface area contributed by atoms with Crippen molar-refractivity contribution in [2.45, 2.75) is 34.2 Å². The highest BCUT2D eigenvalue weighted by Crippen LogP contribution is 2.22. The molecule has 1 N–H and O–H groups in total. The number of hydrogen-bond acceptors (Lipinski definition) is 3. The molecular weight excluding hydrogens is 410 g/mol. The van der Waals surface area contributed by atoms with E-state index in [1.54, 1.807) is 16.8 Å². The Morgan fingerprint density at radius 3 is 2.09 bits per heavy atom. The van der Waals surface area contributed by atoms with Crippen LogP contribution in [-0.4, -0.2) is 36.9 Å². The zero-order valence-electron chi connectivity index (χ0n) is 20.2. The highest BCUT2D eigenvalue weighted by molar-refractivity contribution is 5.96. The first-order valence-electron chi connectivity index (χ1n) is 11.2. The van der Waals surface area contributed by atoms with Crippen molar-refractivity contribution in [3.8, 4) is 0 Å². The SMILES string of the molecule is Cc1cccc(N(Cc2ccccc2)C(=O)CN(C)CC(=O)Nc2c(C)cc(C)cc2C)c1. The molecule has 0 bridgehead atoms. The first kappa shape index (κ1) is 24.2. The molecule has 5 nitrogen and oxygen atoms in total. The number of anilines is 2. The summed E-state index contributed by atoms with van der Waals surface area (Å²) in [6, 6.07) is 22.0. The van der Waals surface area contributed by atoms with Crippen LogP contribution < -0.4 is 10.2 Å². The second kappa shape index (κ2) is 10.9. The number of carbonyl (C=O) groups excluding carboxylic acids is 2. The van der Waals surface area contributed by atoms with Crippen LogP contribution in [0.15, 0.2) is 66.7 Å². The number of benzene rings is 3. The molecule has 0 radical (unpaired) electrons. The lowest BCUT2D eigenvalue weighted by atomic mass is 10.1. The molecule has 5 heteroatoms. The number of nitrogens with one attached hydrogen (secondary N) is 1. The van der Waals surface area contributed by atoms with Crippen molar-refractivity contribution in [3.63, 3.8) is 0 Å². The van der Waals surface area contributed by atoms with Gasteiger partial charge in [0.25, 0.3) is 0 Å². The topological polar surface area (TPSA) is 52.7 Å². The maximum absolute atomic E-state index is 13.3. The molecule has 0 aliphatic heterocycles. The number of nitrogens with zero attached hydrogens (tertiary/aromatic N) is 2. The van der Waals surface area contributed by atoms with E-state index < -0.39 is 0 Å². The summed E-state index contributed by atoms with van der Waals surface area (Å²) < 4.78 is 0. The van der Waals surface area contributed by atoms with Crippen LogP contribution in [0.5, 0.6) is 0 Å². The number of aryl methyl sites for hydroxylation is 4. The number of rotatable bonds is 8. The summed E-state index contributed by atoms with van der Waals surface area (Å²) in [4.78, 5) is 29.5. The molecule has 0 aliphatic rings. The van der Waals surface area contributed by atoms with Crippen LogP contribution in [0.3, 0.4) is 0 Å². The molecule has 0 fully saturated rings. The Labute approximate surface area is 197 Å². The summed E-state index contributed by atoms with van der Waals surface area (Å²) in [5.74, 6) is -0.187. The van der Waals surface area contributed by atoms with Crippen LogP contribution in [-0.2, 0) is 16.1 Å². The molecule has 3 aromatic rings. The van der Waals surface area contributed by atoms with Gasteiger partial charge in [0.2, 0.25) is 11.8 Å². The second-order valence-electron chi connectivity index (χ2n) is 8.80. The third-order valence-electron chi connectivity index (χ3n) is 5.56. The van der Waals surface area contributed by atoms with Crippen LogP contribution in [0.25, 0.3) is 0 Å². The summed E-state index contributed by atoms with van der Waals surface area (Å²) in [5.41, 5.74) is 7.08. The predicted molar refractivity (Wildman–Crippen MR) is 136 cm³/mol. The normalized spacial score (nSPS) is 10.8. The third kappa shape index (κ3) is 6.77. The average molecular weight is 444 g/mol. The quantitative estimate of drug-likeness (QED) is 0.532. The van der Waals surface area contributed by atoms with E-state index in [4.69, 9.17) is 0 Å². The molecule has 0 spiro atoms. The van der Waals surface area contributed by atoms with Crippen LogP contribution in [0.2, 0.25) is 0 Å². The van der Waals surface area contributed by atoms with E-state index in [1.165, 1.54) is 5.56 Å². The second-order valence-corrected chi connectivity index (χ2v) is 8.80. The summed E-state index contributed by atoms with van der Waals surface area (Å²) in [5, 5.41) is 3.01. The fourth-order valence-electron chi connectivity index (χ4n) is 4.06. The predicted octanol–water partition coefficient (Wildman–Crippen LogP) is 5.02. The lowest BCUT2D eigenvalue weighted by Gasteiger charge is -2.26. The highest BCUT2D eigenvalue weighted by atomic mass is 16.2. The Kier molecular flexibility index (Phi) is 8.01. The maximum Gasteiger partial charge on any atom is 0.241 e. The third-order valence-corrected chi connectivity index (χ3v) is 5.56.